The van der Waals surface area contributed by atoms with E-state index in [1.807, 2.05) is 0 Å². The van der Waals surface area contributed by atoms with Gasteiger partial charge in [-0.2, -0.15) is 0 Å². The van der Waals surface area contributed by atoms with Crippen molar-refractivity contribution < 1.29 is 9.94 Å². The van der Waals surface area contributed by atoms with Crippen LogP contribution in [0.15, 0.2) is 29.9 Å². The minimum absolute atomic E-state index is 0.313. The van der Waals surface area contributed by atoms with Gasteiger partial charge in [-0.3, -0.25) is 0 Å². The molecule has 0 unspecified atom stereocenters. The lowest BCUT2D eigenvalue weighted by atomic mass is 10.2. The minimum Gasteiger partial charge on any atom is -0.487 e. The summed E-state index contributed by atoms with van der Waals surface area (Å²) in [6.07, 6.45) is 2.79. The third-order valence-corrected chi connectivity index (χ3v) is 2.08. The van der Waals surface area contributed by atoms with Gasteiger partial charge in [0, 0.05) is 10.6 Å². The van der Waals surface area contributed by atoms with Crippen LogP contribution in [0.1, 0.15) is 5.56 Å². The van der Waals surface area contributed by atoms with Crippen molar-refractivity contribution in [3.05, 3.63) is 40.4 Å². The van der Waals surface area contributed by atoms with Crippen molar-refractivity contribution in [1.29, 1.82) is 0 Å². The molecular formula is C10H9Cl2NO2. The molecule has 0 radical (unpaired) electrons. The van der Waals surface area contributed by atoms with Crippen LogP contribution < -0.4 is 4.74 Å². The van der Waals surface area contributed by atoms with Gasteiger partial charge in [0.05, 0.1) is 11.2 Å². The highest BCUT2D eigenvalue weighted by molar-refractivity contribution is 6.36. The van der Waals surface area contributed by atoms with Crippen molar-refractivity contribution in [3.63, 3.8) is 0 Å². The summed E-state index contributed by atoms with van der Waals surface area (Å²) in [5, 5.41) is 12.2. The van der Waals surface area contributed by atoms with Crippen molar-refractivity contribution in [3.8, 4) is 5.75 Å². The molecule has 0 saturated carbocycles. The highest BCUT2D eigenvalue weighted by Crippen LogP contribution is 2.31. The summed E-state index contributed by atoms with van der Waals surface area (Å²) in [6.45, 7) is 3.83. The summed E-state index contributed by atoms with van der Waals surface area (Å²) in [7, 11) is 0. The first-order chi connectivity index (χ1) is 7.19. The zero-order valence-corrected chi connectivity index (χ0v) is 9.29. The van der Waals surface area contributed by atoms with Crippen molar-refractivity contribution in [2.75, 3.05) is 6.61 Å². The van der Waals surface area contributed by atoms with E-state index in [1.54, 1.807) is 18.2 Å². The predicted octanol–water partition coefficient (Wildman–Crippen LogP) is 3.37. The van der Waals surface area contributed by atoms with E-state index in [4.69, 9.17) is 33.1 Å². The number of oxime groups is 1. The standard InChI is InChI=1S/C10H9Cl2NO2/c1-2-3-15-10-7(6-13-14)4-8(11)5-9(10)12/h2,4-6,14H,1,3H2/b13-6+. The molecule has 1 rings (SSSR count). The van der Waals surface area contributed by atoms with Crippen LogP contribution in [0.5, 0.6) is 5.75 Å². The number of ether oxygens (including phenoxy) is 1. The van der Waals surface area contributed by atoms with Gasteiger partial charge < -0.3 is 9.94 Å². The van der Waals surface area contributed by atoms with Crippen molar-refractivity contribution in [2.24, 2.45) is 5.16 Å². The molecule has 0 heterocycles. The van der Waals surface area contributed by atoms with E-state index in [1.165, 1.54) is 6.21 Å². The second-order valence-corrected chi connectivity index (χ2v) is 3.49. The Morgan fingerprint density at radius 1 is 1.47 bits per heavy atom. The van der Waals surface area contributed by atoms with Crippen LogP contribution in [-0.4, -0.2) is 18.0 Å². The molecule has 15 heavy (non-hydrogen) atoms. The lowest BCUT2D eigenvalue weighted by Gasteiger charge is -2.09. The first-order valence-electron chi connectivity index (χ1n) is 4.09. The largest absolute Gasteiger partial charge is 0.487 e. The maximum atomic E-state index is 8.46. The molecule has 0 aromatic heterocycles. The molecule has 1 aromatic carbocycles. The Hall–Kier alpha value is -1.19. The molecule has 0 aliphatic heterocycles. The molecule has 0 spiro atoms. The quantitative estimate of drug-likeness (QED) is 0.383. The average Bonchev–Trinajstić information content (AvgIpc) is 2.17. The summed E-state index contributed by atoms with van der Waals surface area (Å²) < 4.78 is 5.31. The van der Waals surface area contributed by atoms with Gasteiger partial charge in [0.15, 0.2) is 0 Å². The third-order valence-electron chi connectivity index (χ3n) is 1.58. The molecule has 0 atom stereocenters. The summed E-state index contributed by atoms with van der Waals surface area (Å²) in [6, 6.07) is 3.14. The van der Waals surface area contributed by atoms with Crippen LogP contribution >= 0.6 is 23.2 Å². The number of hydrogen-bond acceptors (Lipinski definition) is 3. The molecule has 0 aliphatic rings. The average molecular weight is 246 g/mol. The first kappa shape index (κ1) is 11.9. The van der Waals surface area contributed by atoms with Crippen LogP contribution in [0.25, 0.3) is 0 Å². The second-order valence-electron chi connectivity index (χ2n) is 2.65. The summed E-state index contributed by atoms with van der Waals surface area (Å²) in [5.74, 6) is 0.416. The van der Waals surface area contributed by atoms with E-state index in [-0.39, 0.29) is 0 Å². The van der Waals surface area contributed by atoms with E-state index in [0.29, 0.717) is 28.0 Å². The highest BCUT2D eigenvalue weighted by Gasteiger charge is 2.08. The Balaban J connectivity index is 3.13. The Bertz CT molecular complexity index is 391. The molecule has 0 aliphatic carbocycles. The molecule has 1 N–H and O–H groups in total. The zero-order valence-electron chi connectivity index (χ0n) is 7.78. The van der Waals surface area contributed by atoms with Gasteiger partial charge in [-0.25, -0.2) is 0 Å². The first-order valence-corrected chi connectivity index (χ1v) is 4.84. The molecule has 5 heteroatoms. The van der Waals surface area contributed by atoms with Crippen molar-refractivity contribution >= 4 is 29.4 Å². The highest BCUT2D eigenvalue weighted by atomic mass is 35.5. The smallest absolute Gasteiger partial charge is 0.147 e. The maximum Gasteiger partial charge on any atom is 0.147 e. The van der Waals surface area contributed by atoms with E-state index in [9.17, 15) is 0 Å². The zero-order chi connectivity index (χ0) is 11.3. The van der Waals surface area contributed by atoms with Gasteiger partial charge in [-0.15, -0.1) is 0 Å². The molecule has 0 saturated heterocycles. The van der Waals surface area contributed by atoms with Gasteiger partial charge in [-0.05, 0) is 12.1 Å². The molecule has 0 bridgehead atoms. The molecule has 0 fully saturated rings. The fourth-order valence-corrected chi connectivity index (χ4v) is 1.60. The van der Waals surface area contributed by atoms with E-state index < -0.39 is 0 Å². The molecule has 0 amide bonds. The summed E-state index contributed by atoms with van der Waals surface area (Å²) in [4.78, 5) is 0. The molecular weight excluding hydrogens is 237 g/mol. The van der Waals surface area contributed by atoms with Crippen molar-refractivity contribution in [2.45, 2.75) is 0 Å². The molecule has 1 aromatic rings. The third kappa shape index (κ3) is 3.15. The lowest BCUT2D eigenvalue weighted by Crippen LogP contribution is -1.98. The van der Waals surface area contributed by atoms with Crippen LogP contribution in [-0.2, 0) is 0 Å². The molecule has 80 valence electrons. The van der Waals surface area contributed by atoms with Crippen LogP contribution in [0.2, 0.25) is 10.0 Å². The predicted molar refractivity (Wildman–Crippen MR) is 61.5 cm³/mol. The lowest BCUT2D eigenvalue weighted by molar-refractivity contribution is 0.321. The fourth-order valence-electron chi connectivity index (χ4n) is 1.03. The Morgan fingerprint density at radius 3 is 2.80 bits per heavy atom. The minimum atomic E-state index is 0.313. The Kier molecular flexibility index (Phi) is 4.46. The number of nitrogens with zero attached hydrogens (tertiary/aromatic N) is 1. The summed E-state index contributed by atoms with van der Waals surface area (Å²) in [5.41, 5.74) is 0.511. The summed E-state index contributed by atoms with van der Waals surface area (Å²) >= 11 is 11.7. The van der Waals surface area contributed by atoms with Crippen molar-refractivity contribution in [1.82, 2.24) is 0 Å². The van der Waals surface area contributed by atoms with Gasteiger partial charge in [0.2, 0.25) is 0 Å². The number of benzene rings is 1. The maximum absolute atomic E-state index is 8.46. The van der Waals surface area contributed by atoms with Crippen LogP contribution in [0.3, 0.4) is 0 Å². The second kappa shape index (κ2) is 5.63. The monoisotopic (exact) mass is 245 g/mol. The topological polar surface area (TPSA) is 41.8 Å². The van der Waals surface area contributed by atoms with Gasteiger partial charge >= 0.3 is 0 Å². The SMILES string of the molecule is C=CCOc1c(Cl)cc(Cl)cc1/C=N/O. The normalized spacial score (nSPS) is 10.5. The van der Waals surface area contributed by atoms with Gasteiger partial charge in [0.1, 0.15) is 12.4 Å². The van der Waals surface area contributed by atoms with E-state index in [2.05, 4.69) is 11.7 Å². The molecule has 3 nitrogen and oxygen atoms in total. The number of halogens is 2. The number of hydrogen-bond donors (Lipinski definition) is 1. The van der Waals surface area contributed by atoms with E-state index >= 15 is 0 Å². The van der Waals surface area contributed by atoms with Crippen LogP contribution in [0, 0.1) is 0 Å². The van der Waals surface area contributed by atoms with Gasteiger partial charge in [-0.1, -0.05) is 41.0 Å². The fraction of sp³-hybridized carbons (Fsp3) is 0.100. The van der Waals surface area contributed by atoms with E-state index in [0.717, 1.165) is 0 Å². The Morgan fingerprint density at radius 2 is 2.20 bits per heavy atom. The van der Waals surface area contributed by atoms with Crippen LogP contribution in [0.4, 0.5) is 0 Å². The number of rotatable bonds is 4. The Labute approximate surface area is 97.6 Å². The van der Waals surface area contributed by atoms with Gasteiger partial charge in [0.25, 0.3) is 0 Å².